The zero-order valence-corrected chi connectivity index (χ0v) is 18.4. The maximum Gasteiger partial charge on any atom is 0.260 e. The zero-order valence-electron chi connectivity index (χ0n) is 18.4. The van der Waals surface area contributed by atoms with Crippen LogP contribution in [0.3, 0.4) is 0 Å². The van der Waals surface area contributed by atoms with Crippen molar-refractivity contribution in [3.63, 3.8) is 0 Å². The average Bonchev–Trinajstić information content (AvgIpc) is 3.30. The molecule has 0 aromatic heterocycles. The number of amides is 2. The number of nitrogens with two attached hydrogens (primary N) is 1. The van der Waals surface area contributed by atoms with Crippen molar-refractivity contribution in [3.8, 4) is 5.75 Å². The molecule has 0 bridgehead atoms. The number of nitrogens with one attached hydrogen (secondary N) is 1. The highest BCUT2D eigenvalue weighted by Crippen LogP contribution is 2.32. The molecule has 4 rings (SSSR count). The molecule has 2 heterocycles. The van der Waals surface area contributed by atoms with Crippen molar-refractivity contribution in [2.75, 3.05) is 19.7 Å². The first-order valence-corrected chi connectivity index (χ1v) is 10.8. The van der Waals surface area contributed by atoms with E-state index in [1.54, 1.807) is 29.2 Å². The van der Waals surface area contributed by atoms with Gasteiger partial charge in [0.2, 0.25) is 0 Å². The van der Waals surface area contributed by atoms with Crippen molar-refractivity contribution in [1.29, 1.82) is 0 Å². The molecule has 8 heteroatoms. The number of rotatable bonds is 7. The smallest absolute Gasteiger partial charge is 0.260 e. The summed E-state index contributed by atoms with van der Waals surface area (Å²) in [5, 5.41) is 2.89. The summed E-state index contributed by atoms with van der Waals surface area (Å²) in [5.41, 5.74) is 8.08. The molecule has 8 nitrogen and oxygen atoms in total. The fraction of sp³-hybridized carbons (Fsp3) is 0.417. The van der Waals surface area contributed by atoms with Gasteiger partial charge in [0.25, 0.3) is 11.8 Å². The largest absolute Gasteiger partial charge is 0.484 e. The van der Waals surface area contributed by atoms with Gasteiger partial charge in [-0.3, -0.25) is 9.59 Å². The zero-order chi connectivity index (χ0) is 22.7. The first kappa shape index (κ1) is 22.3. The Morgan fingerprint density at radius 2 is 1.62 bits per heavy atom. The monoisotopic (exact) mass is 439 g/mol. The minimum Gasteiger partial charge on any atom is -0.484 e. The van der Waals surface area contributed by atoms with E-state index in [-0.39, 0.29) is 30.6 Å². The van der Waals surface area contributed by atoms with E-state index in [1.807, 2.05) is 38.1 Å². The van der Waals surface area contributed by atoms with Crippen LogP contribution in [0, 0.1) is 0 Å². The molecule has 2 aliphatic heterocycles. The number of likely N-dealkylation sites (tertiary alicyclic amines) is 1. The molecule has 0 radical (unpaired) electrons. The Labute approximate surface area is 187 Å². The van der Waals surface area contributed by atoms with E-state index >= 15 is 0 Å². The second-order valence-electron chi connectivity index (χ2n) is 8.53. The standard InChI is InChI=1S/C24H29N3O5/c1-24(2)31-20-13-27(14-21(20)32-24)22(28)15-30-19-9-5-17(6-10-19)12-26-23(29)18-7-3-16(11-25)4-8-18/h3-10,20-21H,11-15,25H2,1-2H3,(H,26,29)/t20-,21+. The van der Waals surface area contributed by atoms with Gasteiger partial charge in [0.1, 0.15) is 18.0 Å². The van der Waals surface area contributed by atoms with Crippen molar-refractivity contribution in [2.24, 2.45) is 5.73 Å². The van der Waals surface area contributed by atoms with Crippen molar-refractivity contribution in [3.05, 3.63) is 65.2 Å². The Bertz CT molecular complexity index is 943. The van der Waals surface area contributed by atoms with E-state index in [0.29, 0.717) is 37.5 Å². The molecule has 2 aliphatic rings. The van der Waals surface area contributed by atoms with Crippen molar-refractivity contribution >= 4 is 11.8 Å². The highest BCUT2D eigenvalue weighted by atomic mass is 16.8. The number of carbonyl (C=O) groups excluding carboxylic acids is 2. The Balaban J connectivity index is 1.21. The Hall–Kier alpha value is -2.94. The summed E-state index contributed by atoms with van der Waals surface area (Å²) < 4.78 is 17.3. The molecule has 32 heavy (non-hydrogen) atoms. The molecule has 0 spiro atoms. The third-order valence-electron chi connectivity index (χ3n) is 5.63. The number of nitrogens with zero attached hydrogens (tertiary/aromatic N) is 1. The average molecular weight is 440 g/mol. The van der Waals surface area contributed by atoms with Crippen LogP contribution in [0.5, 0.6) is 5.75 Å². The van der Waals surface area contributed by atoms with E-state index in [1.165, 1.54) is 0 Å². The lowest BCUT2D eigenvalue weighted by atomic mass is 10.1. The van der Waals surface area contributed by atoms with Gasteiger partial charge in [0, 0.05) is 31.7 Å². The van der Waals surface area contributed by atoms with Crippen LogP contribution >= 0.6 is 0 Å². The van der Waals surface area contributed by atoms with Gasteiger partial charge in [-0.2, -0.15) is 0 Å². The van der Waals surface area contributed by atoms with Crippen LogP contribution < -0.4 is 15.8 Å². The summed E-state index contributed by atoms with van der Waals surface area (Å²) >= 11 is 0. The van der Waals surface area contributed by atoms with Gasteiger partial charge in [-0.25, -0.2) is 0 Å². The normalized spacial score (nSPS) is 21.3. The number of fused-ring (bicyclic) bond motifs is 1. The number of carbonyl (C=O) groups is 2. The molecular formula is C24H29N3O5. The highest BCUT2D eigenvalue weighted by molar-refractivity contribution is 5.94. The SMILES string of the molecule is CC1(C)O[C@H]2CN(C(=O)COc3ccc(CNC(=O)c4ccc(CN)cc4)cc3)C[C@H]2O1. The van der Waals surface area contributed by atoms with E-state index in [4.69, 9.17) is 19.9 Å². The minimum absolute atomic E-state index is 0.0439. The predicted octanol–water partition coefficient (Wildman–Crippen LogP) is 1.82. The molecule has 2 atom stereocenters. The molecule has 170 valence electrons. The summed E-state index contributed by atoms with van der Waals surface area (Å²) in [4.78, 5) is 26.5. The lowest BCUT2D eigenvalue weighted by Crippen LogP contribution is -2.36. The molecule has 2 fully saturated rings. The first-order valence-electron chi connectivity index (χ1n) is 10.8. The fourth-order valence-corrected chi connectivity index (χ4v) is 3.95. The van der Waals surface area contributed by atoms with Crippen LogP contribution in [0.25, 0.3) is 0 Å². The molecular weight excluding hydrogens is 410 g/mol. The van der Waals surface area contributed by atoms with Crippen molar-refractivity contribution in [1.82, 2.24) is 10.2 Å². The summed E-state index contributed by atoms with van der Waals surface area (Å²) in [7, 11) is 0. The summed E-state index contributed by atoms with van der Waals surface area (Å²) in [6.07, 6.45) is -0.163. The van der Waals surface area contributed by atoms with Gasteiger partial charge in [-0.15, -0.1) is 0 Å². The molecule has 2 amide bonds. The molecule has 2 aromatic carbocycles. The molecule has 3 N–H and O–H groups in total. The maximum absolute atomic E-state index is 12.5. The van der Waals surface area contributed by atoms with Crippen LogP contribution in [-0.4, -0.2) is 54.4 Å². The van der Waals surface area contributed by atoms with Gasteiger partial charge in [-0.1, -0.05) is 24.3 Å². The van der Waals surface area contributed by atoms with Crippen LogP contribution in [-0.2, 0) is 27.4 Å². The van der Waals surface area contributed by atoms with Crippen LogP contribution in [0.1, 0.15) is 35.3 Å². The number of hydrogen-bond donors (Lipinski definition) is 2. The molecule has 0 unspecified atom stereocenters. The summed E-state index contributed by atoms with van der Waals surface area (Å²) in [5.74, 6) is -0.233. The first-order chi connectivity index (χ1) is 15.3. The third-order valence-corrected chi connectivity index (χ3v) is 5.63. The highest BCUT2D eigenvalue weighted by Gasteiger charge is 2.47. The lowest BCUT2D eigenvalue weighted by Gasteiger charge is -2.23. The third kappa shape index (κ3) is 5.27. The molecule has 0 aliphatic carbocycles. The van der Waals surface area contributed by atoms with Gasteiger partial charge in [0.15, 0.2) is 12.4 Å². The Kier molecular flexibility index (Phi) is 6.45. The van der Waals surface area contributed by atoms with E-state index in [9.17, 15) is 9.59 Å². The number of ether oxygens (including phenoxy) is 3. The van der Waals surface area contributed by atoms with Crippen LogP contribution in [0.2, 0.25) is 0 Å². The number of hydrogen-bond acceptors (Lipinski definition) is 6. The predicted molar refractivity (Wildman–Crippen MR) is 118 cm³/mol. The fourth-order valence-electron chi connectivity index (χ4n) is 3.95. The van der Waals surface area contributed by atoms with Gasteiger partial charge < -0.3 is 30.2 Å². The Morgan fingerprint density at radius 1 is 1.03 bits per heavy atom. The lowest BCUT2D eigenvalue weighted by molar-refractivity contribution is -0.161. The van der Waals surface area contributed by atoms with Gasteiger partial charge in [0.05, 0.1) is 0 Å². The van der Waals surface area contributed by atoms with E-state index in [2.05, 4.69) is 5.32 Å². The summed E-state index contributed by atoms with van der Waals surface area (Å²) in [6, 6.07) is 14.5. The van der Waals surface area contributed by atoms with Crippen LogP contribution in [0.15, 0.2) is 48.5 Å². The Morgan fingerprint density at radius 3 is 2.22 bits per heavy atom. The van der Waals surface area contributed by atoms with E-state index in [0.717, 1.165) is 11.1 Å². The van der Waals surface area contributed by atoms with Crippen molar-refractivity contribution < 1.29 is 23.8 Å². The van der Waals surface area contributed by atoms with Gasteiger partial charge in [-0.05, 0) is 49.2 Å². The van der Waals surface area contributed by atoms with E-state index < -0.39 is 5.79 Å². The van der Waals surface area contributed by atoms with Crippen LogP contribution in [0.4, 0.5) is 0 Å². The second-order valence-corrected chi connectivity index (χ2v) is 8.53. The quantitative estimate of drug-likeness (QED) is 0.682. The molecule has 0 saturated carbocycles. The second kappa shape index (κ2) is 9.28. The molecule has 2 aromatic rings. The topological polar surface area (TPSA) is 103 Å². The minimum atomic E-state index is -0.586. The number of benzene rings is 2. The van der Waals surface area contributed by atoms with Gasteiger partial charge >= 0.3 is 0 Å². The molecule has 2 saturated heterocycles. The maximum atomic E-state index is 12.5. The van der Waals surface area contributed by atoms with Crippen molar-refractivity contribution in [2.45, 2.75) is 44.9 Å². The summed E-state index contributed by atoms with van der Waals surface area (Å²) in [6.45, 7) is 5.60.